The molecular weight excluding hydrogens is 377 g/mol. The molecule has 0 aliphatic carbocycles. The fourth-order valence-corrected chi connectivity index (χ4v) is 3.03. The molecule has 2 heterocycles. The summed E-state index contributed by atoms with van der Waals surface area (Å²) in [5, 5.41) is 5.41. The molecule has 0 amide bonds. The van der Waals surface area contributed by atoms with E-state index in [-0.39, 0.29) is 0 Å². The van der Waals surface area contributed by atoms with E-state index in [1.165, 1.54) is 0 Å². The first-order valence-corrected chi connectivity index (χ1v) is 8.70. The lowest BCUT2D eigenvalue weighted by atomic mass is 10.1. The second-order valence-electron chi connectivity index (χ2n) is 5.52. The number of fused-ring (bicyclic) bond motifs is 1. The Balaban J connectivity index is 1.89. The van der Waals surface area contributed by atoms with E-state index < -0.39 is 0 Å². The van der Waals surface area contributed by atoms with Crippen LogP contribution in [0.4, 0.5) is 11.5 Å². The topological polar surface area (TPSA) is 29.3 Å². The Morgan fingerprint density at radius 2 is 1.32 bits per heavy atom. The highest BCUT2D eigenvalue weighted by molar-refractivity contribution is 6.31. The summed E-state index contributed by atoms with van der Waals surface area (Å²) in [4.78, 5) is 4.74. The van der Waals surface area contributed by atoms with E-state index in [1.807, 2.05) is 71.3 Å². The van der Waals surface area contributed by atoms with Crippen molar-refractivity contribution in [2.45, 2.75) is 0 Å². The molecule has 124 valence electrons. The Bertz CT molecular complexity index is 1040. The third-order valence-corrected chi connectivity index (χ3v) is 4.53. The van der Waals surface area contributed by atoms with Crippen LogP contribution >= 0.6 is 34.8 Å². The predicted octanol–water partition coefficient (Wildman–Crippen LogP) is 6.71. The smallest absolute Gasteiger partial charge is 0.143 e. The van der Waals surface area contributed by atoms with Gasteiger partial charge in [-0.15, -0.1) is 0 Å². The van der Waals surface area contributed by atoms with Gasteiger partial charge in [-0.2, -0.15) is 0 Å². The summed E-state index contributed by atoms with van der Waals surface area (Å²) in [6, 6.07) is 18.8. The van der Waals surface area contributed by atoms with Crippen molar-refractivity contribution in [3.8, 4) is 11.3 Å². The molecule has 0 fully saturated rings. The van der Waals surface area contributed by atoms with Gasteiger partial charge in [0.25, 0.3) is 0 Å². The minimum atomic E-state index is 0.631. The van der Waals surface area contributed by atoms with Crippen LogP contribution in [0.25, 0.3) is 16.9 Å². The minimum Gasteiger partial charge on any atom is -0.339 e. The van der Waals surface area contributed by atoms with Crippen molar-refractivity contribution in [3.63, 3.8) is 0 Å². The van der Waals surface area contributed by atoms with Crippen molar-refractivity contribution in [2.75, 3.05) is 5.32 Å². The van der Waals surface area contributed by atoms with Crippen molar-refractivity contribution in [1.82, 2.24) is 9.38 Å². The molecule has 0 radical (unpaired) electrons. The Morgan fingerprint density at radius 3 is 2.00 bits per heavy atom. The van der Waals surface area contributed by atoms with Gasteiger partial charge in [0.15, 0.2) is 0 Å². The molecule has 4 aromatic rings. The fourth-order valence-electron chi connectivity index (χ4n) is 2.62. The first-order valence-electron chi connectivity index (χ1n) is 7.56. The number of hydrogen-bond donors (Lipinski definition) is 1. The highest BCUT2D eigenvalue weighted by Gasteiger charge is 2.15. The second kappa shape index (κ2) is 6.60. The van der Waals surface area contributed by atoms with Gasteiger partial charge >= 0.3 is 0 Å². The van der Waals surface area contributed by atoms with Crippen LogP contribution < -0.4 is 5.32 Å². The number of nitrogens with one attached hydrogen (secondary N) is 1. The Morgan fingerprint density at radius 1 is 0.720 bits per heavy atom. The molecule has 0 unspecified atom stereocenters. The monoisotopic (exact) mass is 387 g/mol. The maximum atomic E-state index is 6.18. The Hall–Kier alpha value is -2.20. The van der Waals surface area contributed by atoms with E-state index in [0.29, 0.717) is 15.1 Å². The van der Waals surface area contributed by atoms with Gasteiger partial charge in [0.1, 0.15) is 17.2 Å². The third kappa shape index (κ3) is 3.31. The lowest BCUT2D eigenvalue weighted by Crippen LogP contribution is -1.97. The van der Waals surface area contributed by atoms with E-state index in [0.717, 1.165) is 28.4 Å². The van der Waals surface area contributed by atoms with Gasteiger partial charge in [0.2, 0.25) is 0 Å². The third-order valence-electron chi connectivity index (χ3n) is 3.81. The van der Waals surface area contributed by atoms with E-state index >= 15 is 0 Å². The van der Waals surface area contributed by atoms with Gasteiger partial charge in [0.05, 0.1) is 5.02 Å². The highest BCUT2D eigenvalue weighted by atomic mass is 35.5. The number of aromatic nitrogens is 2. The molecular formula is C19H12Cl3N3. The Labute approximate surface area is 159 Å². The summed E-state index contributed by atoms with van der Waals surface area (Å²) in [7, 11) is 0. The normalized spacial score (nSPS) is 11.0. The molecule has 4 rings (SSSR count). The maximum Gasteiger partial charge on any atom is 0.143 e. The number of imidazole rings is 1. The SMILES string of the molecule is Clc1ccc(Nc2c(-c3ccc(Cl)cc3)nc3ccc(Cl)cn23)cc1. The van der Waals surface area contributed by atoms with E-state index in [1.54, 1.807) is 0 Å². The molecule has 2 aromatic carbocycles. The summed E-state index contributed by atoms with van der Waals surface area (Å²) in [6.07, 6.45) is 1.83. The standard InChI is InChI=1S/C19H12Cl3N3/c20-13-3-1-12(2-4-13)18-19(23-16-8-5-14(21)6-9-16)25-11-15(22)7-10-17(25)24-18/h1-11,23H. The van der Waals surface area contributed by atoms with Gasteiger partial charge in [-0.05, 0) is 48.5 Å². The Kier molecular flexibility index (Phi) is 4.30. The summed E-state index contributed by atoms with van der Waals surface area (Å²) in [6.45, 7) is 0. The average Bonchev–Trinajstić information content (AvgIpc) is 2.95. The van der Waals surface area contributed by atoms with Gasteiger partial charge in [-0.1, -0.05) is 46.9 Å². The van der Waals surface area contributed by atoms with Gasteiger partial charge in [-0.25, -0.2) is 4.98 Å². The summed E-state index contributed by atoms with van der Waals surface area (Å²) in [5.41, 5.74) is 3.47. The van der Waals surface area contributed by atoms with Crippen molar-refractivity contribution < 1.29 is 0 Å². The van der Waals surface area contributed by atoms with E-state index in [4.69, 9.17) is 39.8 Å². The largest absolute Gasteiger partial charge is 0.339 e. The van der Waals surface area contributed by atoms with Crippen molar-refractivity contribution in [2.24, 2.45) is 0 Å². The number of halogens is 3. The molecule has 0 atom stereocenters. The average molecular weight is 389 g/mol. The quantitative estimate of drug-likeness (QED) is 0.423. The first kappa shape index (κ1) is 16.3. The number of rotatable bonds is 3. The van der Waals surface area contributed by atoms with Crippen LogP contribution in [0, 0.1) is 0 Å². The van der Waals surface area contributed by atoms with Crippen LogP contribution in [0.3, 0.4) is 0 Å². The molecule has 0 aliphatic rings. The van der Waals surface area contributed by atoms with Crippen molar-refractivity contribution >= 4 is 52.0 Å². The van der Waals surface area contributed by atoms with Crippen molar-refractivity contribution in [3.05, 3.63) is 81.9 Å². The maximum absolute atomic E-state index is 6.18. The molecule has 0 spiro atoms. The zero-order valence-corrected chi connectivity index (χ0v) is 15.1. The molecule has 0 saturated carbocycles. The highest BCUT2D eigenvalue weighted by Crippen LogP contribution is 2.32. The zero-order chi connectivity index (χ0) is 17.4. The predicted molar refractivity (Wildman–Crippen MR) is 105 cm³/mol. The molecule has 0 aliphatic heterocycles. The van der Waals surface area contributed by atoms with Crippen LogP contribution in [0.2, 0.25) is 15.1 Å². The van der Waals surface area contributed by atoms with E-state index in [2.05, 4.69) is 5.32 Å². The summed E-state index contributed by atoms with van der Waals surface area (Å²) >= 11 is 18.2. The van der Waals surface area contributed by atoms with Crippen LogP contribution in [0.5, 0.6) is 0 Å². The number of pyridine rings is 1. The summed E-state index contributed by atoms with van der Waals surface area (Å²) in [5.74, 6) is 0.821. The minimum absolute atomic E-state index is 0.631. The first-order chi connectivity index (χ1) is 12.1. The molecule has 25 heavy (non-hydrogen) atoms. The molecule has 3 nitrogen and oxygen atoms in total. The molecule has 0 saturated heterocycles. The lowest BCUT2D eigenvalue weighted by Gasteiger charge is -2.09. The number of nitrogens with zero attached hydrogens (tertiary/aromatic N) is 2. The van der Waals surface area contributed by atoms with Gasteiger partial charge in [0, 0.05) is 27.5 Å². The van der Waals surface area contributed by atoms with Crippen molar-refractivity contribution in [1.29, 1.82) is 0 Å². The van der Waals surface area contributed by atoms with Gasteiger partial charge in [-0.3, -0.25) is 4.40 Å². The van der Waals surface area contributed by atoms with Crippen LogP contribution in [-0.4, -0.2) is 9.38 Å². The van der Waals surface area contributed by atoms with Gasteiger partial charge < -0.3 is 5.32 Å². The summed E-state index contributed by atoms with van der Waals surface area (Å²) < 4.78 is 1.93. The molecule has 2 aromatic heterocycles. The van der Waals surface area contributed by atoms with Crippen LogP contribution in [0.1, 0.15) is 0 Å². The molecule has 6 heteroatoms. The molecule has 1 N–H and O–H groups in total. The number of hydrogen-bond acceptors (Lipinski definition) is 2. The lowest BCUT2D eigenvalue weighted by molar-refractivity contribution is 1.18. The zero-order valence-electron chi connectivity index (χ0n) is 12.9. The van der Waals surface area contributed by atoms with E-state index in [9.17, 15) is 0 Å². The number of benzene rings is 2. The van der Waals surface area contributed by atoms with Crippen LogP contribution in [-0.2, 0) is 0 Å². The second-order valence-corrected chi connectivity index (χ2v) is 6.83. The van der Waals surface area contributed by atoms with Crippen LogP contribution in [0.15, 0.2) is 66.9 Å². The fraction of sp³-hybridized carbons (Fsp3) is 0. The number of anilines is 2. The molecule has 0 bridgehead atoms.